The molecule has 0 unspecified atom stereocenters. The van der Waals surface area contributed by atoms with Crippen LogP contribution in [-0.2, 0) is 11.3 Å². The van der Waals surface area contributed by atoms with Gasteiger partial charge in [0.05, 0.1) is 7.11 Å². The van der Waals surface area contributed by atoms with Crippen LogP contribution >= 0.6 is 11.3 Å². The summed E-state index contributed by atoms with van der Waals surface area (Å²) in [7, 11) is 1.59. The van der Waals surface area contributed by atoms with Crippen molar-refractivity contribution in [3.63, 3.8) is 0 Å². The maximum atomic E-state index is 12.3. The molecule has 1 aliphatic rings. The first kappa shape index (κ1) is 19.6. The zero-order valence-electron chi connectivity index (χ0n) is 15.9. The van der Waals surface area contributed by atoms with Crippen molar-refractivity contribution in [3.05, 3.63) is 35.3 Å². The van der Waals surface area contributed by atoms with Crippen LogP contribution in [0.5, 0.6) is 11.5 Å². The van der Waals surface area contributed by atoms with Crippen LogP contribution in [0.2, 0.25) is 0 Å². The van der Waals surface area contributed by atoms with E-state index in [1.807, 2.05) is 17.5 Å². The van der Waals surface area contributed by atoms with E-state index in [9.17, 15) is 9.90 Å². The summed E-state index contributed by atoms with van der Waals surface area (Å²) < 4.78 is 5.15. The SMILES string of the molecule is CC[C@@H]1CN(Cc2ccc(OC)cc2O)CC[C@H]1CC(=O)Nc1nccs1. The number of aromatic nitrogens is 1. The van der Waals surface area contributed by atoms with Crippen molar-refractivity contribution in [3.8, 4) is 11.5 Å². The number of hydrogen-bond acceptors (Lipinski definition) is 6. The number of thiazole rings is 1. The molecule has 2 aromatic rings. The van der Waals surface area contributed by atoms with E-state index in [4.69, 9.17) is 4.74 Å². The summed E-state index contributed by atoms with van der Waals surface area (Å²) in [6.07, 6.45) is 4.27. The maximum absolute atomic E-state index is 12.3. The Morgan fingerprint density at radius 1 is 1.44 bits per heavy atom. The largest absolute Gasteiger partial charge is 0.507 e. The zero-order valence-corrected chi connectivity index (χ0v) is 16.7. The zero-order chi connectivity index (χ0) is 19.2. The number of methoxy groups -OCH3 is 1. The molecule has 0 bridgehead atoms. The molecule has 1 saturated heterocycles. The third-order valence-electron chi connectivity index (χ3n) is 5.31. The van der Waals surface area contributed by atoms with Crippen LogP contribution in [0.3, 0.4) is 0 Å². The molecule has 7 heteroatoms. The van der Waals surface area contributed by atoms with Gasteiger partial charge in [-0.2, -0.15) is 0 Å². The summed E-state index contributed by atoms with van der Waals surface area (Å²) in [5, 5.41) is 15.6. The summed E-state index contributed by atoms with van der Waals surface area (Å²) in [6.45, 7) is 4.77. The Labute approximate surface area is 164 Å². The van der Waals surface area contributed by atoms with Crippen molar-refractivity contribution < 1.29 is 14.6 Å². The number of rotatable bonds is 7. The number of likely N-dealkylation sites (tertiary alicyclic amines) is 1. The first-order chi connectivity index (χ1) is 13.1. The van der Waals surface area contributed by atoms with Crippen molar-refractivity contribution in [1.82, 2.24) is 9.88 Å². The third kappa shape index (κ3) is 5.20. The number of nitrogens with one attached hydrogen (secondary N) is 1. The minimum atomic E-state index is 0.0506. The van der Waals surface area contributed by atoms with Crippen LogP contribution in [0.25, 0.3) is 0 Å². The van der Waals surface area contributed by atoms with Gasteiger partial charge in [0, 0.05) is 42.7 Å². The molecular formula is C20H27N3O3S. The molecule has 3 rings (SSSR count). The summed E-state index contributed by atoms with van der Waals surface area (Å²) >= 11 is 1.44. The summed E-state index contributed by atoms with van der Waals surface area (Å²) in [5.41, 5.74) is 0.908. The van der Waals surface area contributed by atoms with Crippen molar-refractivity contribution in [2.45, 2.75) is 32.7 Å². The van der Waals surface area contributed by atoms with Crippen LogP contribution in [0, 0.1) is 11.8 Å². The summed E-state index contributed by atoms with van der Waals surface area (Å²) in [6, 6.07) is 5.45. The Balaban J connectivity index is 1.55. The van der Waals surface area contributed by atoms with Crippen molar-refractivity contribution in [2.24, 2.45) is 11.8 Å². The molecule has 1 aliphatic heterocycles. The molecule has 1 amide bonds. The Morgan fingerprint density at radius 2 is 2.30 bits per heavy atom. The summed E-state index contributed by atoms with van der Waals surface area (Å²) in [5.74, 6) is 1.84. The lowest BCUT2D eigenvalue weighted by atomic mass is 9.81. The fourth-order valence-electron chi connectivity index (χ4n) is 3.77. The minimum absolute atomic E-state index is 0.0506. The first-order valence-electron chi connectivity index (χ1n) is 9.36. The minimum Gasteiger partial charge on any atom is -0.507 e. The van der Waals surface area contributed by atoms with E-state index < -0.39 is 0 Å². The van der Waals surface area contributed by atoms with Gasteiger partial charge < -0.3 is 15.2 Å². The number of phenols is 1. The maximum Gasteiger partial charge on any atom is 0.226 e. The van der Waals surface area contributed by atoms with Gasteiger partial charge in [-0.3, -0.25) is 9.69 Å². The molecule has 146 valence electrons. The van der Waals surface area contributed by atoms with Gasteiger partial charge in [0.25, 0.3) is 0 Å². The van der Waals surface area contributed by atoms with Gasteiger partial charge in [0.15, 0.2) is 5.13 Å². The van der Waals surface area contributed by atoms with Gasteiger partial charge >= 0.3 is 0 Å². The topological polar surface area (TPSA) is 74.7 Å². The molecule has 1 aromatic heterocycles. The lowest BCUT2D eigenvalue weighted by Crippen LogP contribution is -2.41. The van der Waals surface area contributed by atoms with Gasteiger partial charge in [-0.1, -0.05) is 19.4 Å². The second-order valence-electron chi connectivity index (χ2n) is 7.04. The second-order valence-corrected chi connectivity index (χ2v) is 7.93. The van der Waals surface area contributed by atoms with E-state index in [-0.39, 0.29) is 11.7 Å². The van der Waals surface area contributed by atoms with Crippen molar-refractivity contribution in [2.75, 3.05) is 25.5 Å². The predicted molar refractivity (Wildman–Crippen MR) is 107 cm³/mol. The number of benzene rings is 1. The quantitative estimate of drug-likeness (QED) is 0.755. The number of hydrogen-bond donors (Lipinski definition) is 2. The molecule has 0 aliphatic carbocycles. The molecule has 1 fully saturated rings. The fourth-order valence-corrected chi connectivity index (χ4v) is 4.31. The van der Waals surface area contributed by atoms with Gasteiger partial charge in [0.2, 0.25) is 5.91 Å². The average molecular weight is 390 g/mol. The van der Waals surface area contributed by atoms with Gasteiger partial charge in [-0.25, -0.2) is 4.98 Å². The summed E-state index contributed by atoms with van der Waals surface area (Å²) in [4.78, 5) is 18.8. The van der Waals surface area contributed by atoms with Gasteiger partial charge in [0.1, 0.15) is 11.5 Å². The predicted octanol–water partition coefficient (Wildman–Crippen LogP) is 3.73. The van der Waals surface area contributed by atoms with E-state index >= 15 is 0 Å². The van der Waals surface area contributed by atoms with Crippen molar-refractivity contribution in [1.29, 1.82) is 0 Å². The number of phenolic OH excluding ortho intramolecular Hbond substituents is 1. The highest BCUT2D eigenvalue weighted by Crippen LogP contribution is 2.32. The second kappa shape index (κ2) is 9.19. The smallest absolute Gasteiger partial charge is 0.226 e. The van der Waals surface area contributed by atoms with Crippen LogP contribution in [-0.4, -0.2) is 41.1 Å². The number of ether oxygens (including phenoxy) is 1. The number of anilines is 1. The Kier molecular flexibility index (Phi) is 6.68. The van der Waals surface area contributed by atoms with E-state index in [0.29, 0.717) is 35.7 Å². The highest BCUT2D eigenvalue weighted by molar-refractivity contribution is 7.13. The van der Waals surface area contributed by atoms with E-state index in [0.717, 1.165) is 31.5 Å². The third-order valence-corrected chi connectivity index (χ3v) is 6.00. The number of carbonyl (C=O) groups excluding carboxylic acids is 1. The van der Waals surface area contributed by atoms with Crippen LogP contribution < -0.4 is 10.1 Å². The van der Waals surface area contributed by atoms with E-state index in [1.165, 1.54) is 11.3 Å². The molecule has 27 heavy (non-hydrogen) atoms. The van der Waals surface area contributed by atoms with Crippen molar-refractivity contribution >= 4 is 22.4 Å². The number of carbonyl (C=O) groups is 1. The highest BCUT2D eigenvalue weighted by atomic mass is 32.1. The first-order valence-corrected chi connectivity index (χ1v) is 10.2. The number of aromatic hydroxyl groups is 1. The molecule has 0 radical (unpaired) electrons. The number of nitrogens with zero attached hydrogens (tertiary/aromatic N) is 2. The molecule has 2 atom stereocenters. The number of amides is 1. The Hall–Kier alpha value is -2.12. The fraction of sp³-hybridized carbons (Fsp3) is 0.500. The standard InChI is InChI=1S/C20H27N3O3S/c1-3-14-12-23(13-16-4-5-17(26-2)11-18(16)24)8-6-15(14)10-19(25)22-20-21-7-9-27-20/h4-5,7,9,11,14-15,24H,3,6,8,10,12-13H2,1-2H3,(H,21,22,25)/t14-,15+/m1/s1. The van der Waals surface area contributed by atoms with Crippen LogP contribution in [0.4, 0.5) is 5.13 Å². The Morgan fingerprint density at radius 3 is 2.96 bits per heavy atom. The molecule has 2 heterocycles. The van der Waals surface area contributed by atoms with Crippen LogP contribution in [0.1, 0.15) is 31.7 Å². The molecule has 2 N–H and O–H groups in total. The lowest BCUT2D eigenvalue weighted by Gasteiger charge is -2.38. The molecule has 0 spiro atoms. The van der Waals surface area contributed by atoms with Gasteiger partial charge in [-0.15, -0.1) is 11.3 Å². The van der Waals surface area contributed by atoms with Gasteiger partial charge in [-0.05, 0) is 30.9 Å². The Bertz CT molecular complexity index is 751. The van der Waals surface area contributed by atoms with Crippen LogP contribution in [0.15, 0.2) is 29.8 Å². The average Bonchev–Trinajstić information content (AvgIpc) is 3.17. The monoisotopic (exact) mass is 389 g/mol. The highest BCUT2D eigenvalue weighted by Gasteiger charge is 2.30. The molecule has 1 aromatic carbocycles. The van der Waals surface area contributed by atoms with E-state index in [1.54, 1.807) is 19.4 Å². The normalized spacial score (nSPS) is 20.4. The number of piperidine rings is 1. The van der Waals surface area contributed by atoms with E-state index in [2.05, 4.69) is 22.1 Å². The molecular weight excluding hydrogens is 362 g/mol. The molecule has 6 nitrogen and oxygen atoms in total. The lowest BCUT2D eigenvalue weighted by molar-refractivity contribution is -0.118. The molecule has 0 saturated carbocycles.